The molecule has 0 amide bonds. The van der Waals surface area contributed by atoms with Crippen molar-refractivity contribution < 1.29 is 4.42 Å². The van der Waals surface area contributed by atoms with Gasteiger partial charge in [-0.05, 0) is 91.7 Å². The van der Waals surface area contributed by atoms with Gasteiger partial charge in [0.1, 0.15) is 5.58 Å². The van der Waals surface area contributed by atoms with Crippen molar-refractivity contribution in [3.05, 3.63) is 198 Å². The van der Waals surface area contributed by atoms with Crippen LogP contribution in [-0.2, 0) is 5.41 Å². The van der Waals surface area contributed by atoms with E-state index in [9.17, 15) is 0 Å². The van der Waals surface area contributed by atoms with Gasteiger partial charge >= 0.3 is 0 Å². The third-order valence-corrected chi connectivity index (χ3v) is 10.8. The first kappa shape index (κ1) is 26.7. The number of hydrogen-bond acceptors (Lipinski definition) is 2. The summed E-state index contributed by atoms with van der Waals surface area (Å²) in [6.45, 7) is 0. The van der Waals surface area contributed by atoms with Gasteiger partial charge in [0, 0.05) is 22.1 Å². The topological polar surface area (TPSA) is 16.4 Å². The number of fused-ring (bicyclic) bond motifs is 15. The predicted molar refractivity (Wildman–Crippen MR) is 202 cm³/mol. The SMILES string of the molecule is c1ccc(N(c2ccc3c(c2)-c2ccccc2C32c3ccccc3-c3ccccc32)c2cc3ccccc3c3c2oc2ccccc23)cc1. The fraction of sp³-hybridized carbons (Fsp3) is 0.0213. The lowest BCUT2D eigenvalue weighted by Crippen LogP contribution is -2.25. The summed E-state index contributed by atoms with van der Waals surface area (Å²) in [6.07, 6.45) is 0. The van der Waals surface area contributed by atoms with E-state index in [1.807, 2.05) is 0 Å². The zero-order valence-corrected chi connectivity index (χ0v) is 26.6. The van der Waals surface area contributed by atoms with E-state index in [-0.39, 0.29) is 5.41 Å². The van der Waals surface area contributed by atoms with Gasteiger partial charge in [-0.3, -0.25) is 0 Å². The van der Waals surface area contributed by atoms with Crippen LogP contribution < -0.4 is 4.90 Å². The monoisotopic (exact) mass is 623 g/mol. The quantitative estimate of drug-likeness (QED) is 0.195. The lowest BCUT2D eigenvalue weighted by Gasteiger charge is -2.31. The van der Waals surface area contributed by atoms with Crippen molar-refractivity contribution in [1.29, 1.82) is 0 Å². The van der Waals surface area contributed by atoms with Gasteiger partial charge in [-0.15, -0.1) is 0 Å². The number of furan rings is 1. The molecule has 0 bridgehead atoms. The second kappa shape index (κ2) is 9.82. The Kier molecular flexibility index (Phi) is 5.34. The molecule has 2 aliphatic rings. The van der Waals surface area contributed by atoms with Crippen molar-refractivity contribution in [3.8, 4) is 22.3 Å². The van der Waals surface area contributed by atoms with Gasteiger partial charge in [0.15, 0.2) is 5.58 Å². The van der Waals surface area contributed by atoms with E-state index >= 15 is 0 Å². The Morgan fingerprint density at radius 1 is 0.408 bits per heavy atom. The molecular formula is C47H29NO. The molecule has 2 heteroatoms. The molecule has 0 unspecified atom stereocenters. The first-order chi connectivity index (χ1) is 24.3. The number of nitrogens with zero attached hydrogens (tertiary/aromatic N) is 1. The fourth-order valence-corrected chi connectivity index (χ4v) is 8.95. The predicted octanol–water partition coefficient (Wildman–Crippen LogP) is 12.6. The first-order valence-corrected chi connectivity index (χ1v) is 16.9. The van der Waals surface area contributed by atoms with E-state index in [2.05, 4.69) is 181 Å². The number of hydrogen-bond donors (Lipinski definition) is 0. The molecule has 0 fully saturated rings. The third kappa shape index (κ3) is 3.45. The van der Waals surface area contributed by atoms with E-state index in [1.165, 1.54) is 55.3 Å². The summed E-state index contributed by atoms with van der Waals surface area (Å²) in [7, 11) is 0. The number of anilines is 3. The van der Waals surface area contributed by atoms with Gasteiger partial charge in [-0.1, -0.05) is 140 Å². The van der Waals surface area contributed by atoms with Crippen LogP contribution in [0.1, 0.15) is 22.3 Å². The first-order valence-electron chi connectivity index (χ1n) is 16.9. The van der Waals surface area contributed by atoms with Crippen molar-refractivity contribution >= 4 is 49.8 Å². The van der Waals surface area contributed by atoms with Crippen LogP contribution in [0.5, 0.6) is 0 Å². The van der Waals surface area contributed by atoms with Crippen molar-refractivity contribution in [2.45, 2.75) is 5.41 Å². The molecule has 2 nitrogen and oxygen atoms in total. The number of rotatable bonds is 3. The summed E-state index contributed by atoms with van der Waals surface area (Å²) in [6, 6.07) is 64.1. The summed E-state index contributed by atoms with van der Waals surface area (Å²) in [4.78, 5) is 2.38. The molecule has 0 saturated heterocycles. The molecule has 0 saturated carbocycles. The van der Waals surface area contributed by atoms with Crippen LogP contribution in [0.2, 0.25) is 0 Å². The molecule has 8 aromatic carbocycles. The maximum atomic E-state index is 6.78. The molecule has 1 spiro atoms. The Labute approximate surface area is 284 Å². The van der Waals surface area contributed by atoms with E-state index in [0.717, 1.165) is 39.0 Å². The minimum Gasteiger partial charge on any atom is -0.454 e. The molecular weight excluding hydrogens is 595 g/mol. The van der Waals surface area contributed by atoms with Crippen LogP contribution in [0, 0.1) is 0 Å². The molecule has 1 aromatic heterocycles. The molecule has 0 radical (unpaired) electrons. The van der Waals surface area contributed by atoms with Crippen LogP contribution in [0.25, 0.3) is 55.0 Å². The van der Waals surface area contributed by atoms with Crippen molar-refractivity contribution in [2.24, 2.45) is 0 Å². The molecule has 228 valence electrons. The standard InChI is InChI=1S/C47H29NO/c1-2-15-31(16-3-1)48(43-28-30-14-4-5-17-33(30)45-37-21-9-13-25-44(37)49-46(43)45)32-26-27-42-38(29-32)36-20-8-12-24-41(36)47(42)39-22-10-6-18-34(39)35-19-7-11-23-40(35)47/h1-29H. The van der Waals surface area contributed by atoms with Crippen molar-refractivity contribution in [3.63, 3.8) is 0 Å². The second-order valence-electron chi connectivity index (χ2n) is 13.2. The van der Waals surface area contributed by atoms with Gasteiger partial charge in [0.2, 0.25) is 0 Å². The van der Waals surface area contributed by atoms with Crippen molar-refractivity contribution in [2.75, 3.05) is 4.90 Å². The molecule has 1 heterocycles. The average Bonchev–Trinajstić information content (AvgIpc) is 3.80. The molecule has 2 aliphatic carbocycles. The number of para-hydroxylation sites is 2. The van der Waals surface area contributed by atoms with E-state index in [4.69, 9.17) is 4.42 Å². The highest BCUT2D eigenvalue weighted by Gasteiger charge is 2.51. The highest BCUT2D eigenvalue weighted by Crippen LogP contribution is 2.63. The van der Waals surface area contributed by atoms with Gasteiger partial charge < -0.3 is 9.32 Å². The van der Waals surface area contributed by atoms with Gasteiger partial charge in [0.25, 0.3) is 0 Å². The fourth-order valence-electron chi connectivity index (χ4n) is 8.95. The van der Waals surface area contributed by atoms with Gasteiger partial charge in [-0.2, -0.15) is 0 Å². The van der Waals surface area contributed by atoms with Crippen LogP contribution in [0.15, 0.2) is 180 Å². The highest BCUT2D eigenvalue weighted by atomic mass is 16.3. The van der Waals surface area contributed by atoms with E-state index in [1.54, 1.807) is 0 Å². The van der Waals surface area contributed by atoms with E-state index in [0.29, 0.717) is 0 Å². The summed E-state index contributed by atoms with van der Waals surface area (Å²) in [5.74, 6) is 0. The Morgan fingerprint density at radius 2 is 0.959 bits per heavy atom. The van der Waals surface area contributed by atoms with Gasteiger partial charge in [0.05, 0.1) is 11.1 Å². The number of benzene rings is 8. The van der Waals surface area contributed by atoms with Crippen LogP contribution >= 0.6 is 0 Å². The van der Waals surface area contributed by atoms with E-state index < -0.39 is 0 Å². The smallest absolute Gasteiger partial charge is 0.160 e. The minimum atomic E-state index is -0.371. The third-order valence-electron chi connectivity index (χ3n) is 10.8. The molecule has 11 rings (SSSR count). The summed E-state index contributed by atoms with van der Waals surface area (Å²) >= 11 is 0. The maximum Gasteiger partial charge on any atom is 0.160 e. The normalized spacial score (nSPS) is 13.5. The maximum absolute atomic E-state index is 6.78. The summed E-state index contributed by atoms with van der Waals surface area (Å²) < 4.78 is 6.78. The Bertz CT molecular complexity index is 2740. The lowest BCUT2D eigenvalue weighted by molar-refractivity contribution is 0.669. The molecule has 0 aliphatic heterocycles. The molecule has 9 aromatic rings. The zero-order valence-electron chi connectivity index (χ0n) is 26.6. The van der Waals surface area contributed by atoms with Crippen LogP contribution in [0.3, 0.4) is 0 Å². The Balaban J connectivity index is 1.22. The zero-order chi connectivity index (χ0) is 32.1. The Morgan fingerprint density at radius 3 is 1.67 bits per heavy atom. The summed E-state index contributed by atoms with van der Waals surface area (Å²) in [5, 5.41) is 4.66. The largest absolute Gasteiger partial charge is 0.454 e. The Hall–Kier alpha value is -6.38. The van der Waals surface area contributed by atoms with Gasteiger partial charge in [-0.25, -0.2) is 0 Å². The summed E-state index contributed by atoms with van der Waals surface area (Å²) in [5.41, 5.74) is 15.2. The van der Waals surface area contributed by atoms with Crippen molar-refractivity contribution in [1.82, 2.24) is 0 Å². The minimum absolute atomic E-state index is 0.371. The lowest BCUT2D eigenvalue weighted by atomic mass is 9.70. The molecule has 0 atom stereocenters. The molecule has 49 heavy (non-hydrogen) atoms. The molecule has 0 N–H and O–H groups in total. The van der Waals surface area contributed by atoms with Crippen LogP contribution in [-0.4, -0.2) is 0 Å². The average molecular weight is 624 g/mol. The second-order valence-corrected chi connectivity index (χ2v) is 13.2. The van der Waals surface area contributed by atoms with Crippen LogP contribution in [0.4, 0.5) is 17.1 Å². The highest BCUT2D eigenvalue weighted by molar-refractivity contribution is 6.23.